The molecule has 4 rings (SSSR count). The molecular weight excluding hydrogens is 386 g/mol. The van der Waals surface area contributed by atoms with Crippen molar-refractivity contribution in [2.45, 2.75) is 19.8 Å². The van der Waals surface area contributed by atoms with Gasteiger partial charge in [-0.3, -0.25) is 0 Å². The molecule has 0 amide bonds. The van der Waals surface area contributed by atoms with E-state index < -0.39 is 0 Å². The van der Waals surface area contributed by atoms with Crippen molar-refractivity contribution >= 4 is 22.9 Å². The van der Waals surface area contributed by atoms with Gasteiger partial charge in [0.05, 0.1) is 12.1 Å². The largest absolute Gasteiger partial charge is 0.508 e. The summed E-state index contributed by atoms with van der Waals surface area (Å²) in [5, 5.41) is 10.8. The first kappa shape index (κ1) is 20.5. The summed E-state index contributed by atoms with van der Waals surface area (Å²) in [7, 11) is 0. The van der Waals surface area contributed by atoms with Crippen LogP contribution in [0.2, 0.25) is 0 Å². The maximum absolute atomic E-state index is 11.7. The van der Waals surface area contributed by atoms with Gasteiger partial charge in [0.25, 0.3) is 0 Å². The van der Waals surface area contributed by atoms with E-state index in [9.17, 15) is 9.90 Å². The van der Waals surface area contributed by atoms with Crippen molar-refractivity contribution in [3.63, 3.8) is 0 Å². The molecular formula is C27H25NO3. The first-order valence-corrected chi connectivity index (χ1v) is 10.5. The number of ether oxygens (including phenoxy) is 1. The third-order valence-electron chi connectivity index (χ3n) is 5.26. The maximum Gasteiger partial charge on any atom is 0.330 e. The van der Waals surface area contributed by atoms with Gasteiger partial charge in [0, 0.05) is 23.3 Å². The highest BCUT2D eigenvalue weighted by Gasteiger charge is 2.11. The zero-order valence-electron chi connectivity index (χ0n) is 17.5. The number of hydrogen-bond acceptors (Lipinski definition) is 3. The van der Waals surface area contributed by atoms with Crippen LogP contribution in [-0.2, 0) is 22.4 Å². The Balaban J connectivity index is 1.72. The van der Waals surface area contributed by atoms with E-state index in [-0.39, 0.29) is 11.7 Å². The second-order valence-electron chi connectivity index (χ2n) is 7.39. The van der Waals surface area contributed by atoms with Gasteiger partial charge in [0.1, 0.15) is 5.75 Å². The molecule has 0 atom stereocenters. The fourth-order valence-electron chi connectivity index (χ4n) is 3.72. The van der Waals surface area contributed by atoms with Gasteiger partial charge in [-0.05, 0) is 78.9 Å². The summed E-state index contributed by atoms with van der Waals surface area (Å²) in [4.78, 5) is 11.7. The Hall–Kier alpha value is -3.79. The SMILES string of the molecule is CCOC(=O)/C=C/c1ccc2c(c1)c(CCc1ccccc1)cn2-c1ccc(O)cc1. The number of fused-ring (bicyclic) bond motifs is 1. The summed E-state index contributed by atoms with van der Waals surface area (Å²) >= 11 is 0. The lowest BCUT2D eigenvalue weighted by molar-refractivity contribution is -0.137. The van der Waals surface area contributed by atoms with Gasteiger partial charge in [-0.25, -0.2) is 4.79 Å². The van der Waals surface area contributed by atoms with Crippen molar-refractivity contribution in [2.75, 3.05) is 6.61 Å². The number of carbonyl (C=O) groups excluding carboxylic acids is 1. The fourth-order valence-corrected chi connectivity index (χ4v) is 3.72. The van der Waals surface area contributed by atoms with Gasteiger partial charge in [-0.2, -0.15) is 0 Å². The van der Waals surface area contributed by atoms with Crippen LogP contribution in [-0.4, -0.2) is 22.2 Å². The predicted molar refractivity (Wildman–Crippen MR) is 124 cm³/mol. The van der Waals surface area contributed by atoms with E-state index in [0.29, 0.717) is 6.61 Å². The molecule has 4 heteroatoms. The molecule has 0 saturated carbocycles. The summed E-state index contributed by atoms with van der Waals surface area (Å²) in [6.45, 7) is 2.16. The van der Waals surface area contributed by atoms with Crippen molar-refractivity contribution in [1.29, 1.82) is 0 Å². The summed E-state index contributed by atoms with van der Waals surface area (Å²) < 4.78 is 7.13. The molecule has 0 fully saturated rings. The van der Waals surface area contributed by atoms with Crippen molar-refractivity contribution in [1.82, 2.24) is 4.57 Å². The normalized spacial score (nSPS) is 11.3. The molecule has 0 radical (unpaired) electrons. The number of phenols is 1. The van der Waals surface area contributed by atoms with Gasteiger partial charge in [-0.1, -0.05) is 36.4 Å². The lowest BCUT2D eigenvalue weighted by Crippen LogP contribution is -1.98. The molecule has 0 saturated heterocycles. The molecule has 0 aliphatic heterocycles. The molecule has 3 aromatic carbocycles. The topological polar surface area (TPSA) is 51.5 Å². The number of nitrogens with zero attached hydrogens (tertiary/aromatic N) is 1. The highest BCUT2D eigenvalue weighted by Crippen LogP contribution is 2.28. The Kier molecular flexibility index (Phi) is 6.18. The molecule has 0 aliphatic rings. The van der Waals surface area contributed by atoms with E-state index in [1.165, 1.54) is 17.2 Å². The maximum atomic E-state index is 11.7. The average molecular weight is 412 g/mol. The molecule has 0 aliphatic carbocycles. The Morgan fingerprint density at radius 3 is 2.52 bits per heavy atom. The Bertz CT molecular complexity index is 1200. The molecule has 31 heavy (non-hydrogen) atoms. The van der Waals surface area contributed by atoms with Crippen LogP contribution in [0.25, 0.3) is 22.7 Å². The Morgan fingerprint density at radius 2 is 1.77 bits per heavy atom. The Labute approximate surface area is 182 Å². The van der Waals surface area contributed by atoms with Gasteiger partial charge < -0.3 is 14.4 Å². The van der Waals surface area contributed by atoms with E-state index >= 15 is 0 Å². The first-order valence-electron chi connectivity index (χ1n) is 10.5. The number of esters is 1. The van der Waals surface area contributed by atoms with Crippen LogP contribution in [0.4, 0.5) is 0 Å². The number of aromatic nitrogens is 1. The molecule has 0 spiro atoms. The van der Waals surface area contributed by atoms with E-state index in [0.717, 1.165) is 35.0 Å². The van der Waals surface area contributed by atoms with Crippen molar-refractivity contribution in [2.24, 2.45) is 0 Å². The minimum atomic E-state index is -0.339. The van der Waals surface area contributed by atoms with Crippen LogP contribution >= 0.6 is 0 Å². The van der Waals surface area contributed by atoms with Crippen LogP contribution in [0.5, 0.6) is 5.75 Å². The van der Waals surface area contributed by atoms with Gasteiger partial charge in [0.15, 0.2) is 0 Å². The lowest BCUT2D eigenvalue weighted by Gasteiger charge is -2.06. The predicted octanol–water partition coefficient (Wildman–Crippen LogP) is 5.70. The molecule has 1 N–H and O–H groups in total. The standard InChI is InChI=1S/C27H25NO3/c1-2-31-27(30)17-10-21-9-16-26-25(18-21)22(11-8-20-6-4-3-5-7-20)19-28(26)23-12-14-24(29)15-13-23/h3-7,9-10,12-19,29H,2,8,11H2,1H3/b17-10+. The minimum Gasteiger partial charge on any atom is -0.508 e. The van der Waals surface area contributed by atoms with E-state index in [4.69, 9.17) is 4.74 Å². The summed E-state index contributed by atoms with van der Waals surface area (Å²) in [6, 6.07) is 23.8. The molecule has 4 aromatic rings. The van der Waals surface area contributed by atoms with Crippen LogP contribution in [0, 0.1) is 0 Å². The first-order chi connectivity index (χ1) is 15.1. The quantitative estimate of drug-likeness (QED) is 0.314. The summed E-state index contributed by atoms with van der Waals surface area (Å²) in [6.07, 6.45) is 7.26. The zero-order chi connectivity index (χ0) is 21.6. The second kappa shape index (κ2) is 9.35. The molecule has 0 bridgehead atoms. The number of aromatic hydroxyl groups is 1. The highest BCUT2D eigenvalue weighted by molar-refractivity contribution is 5.91. The van der Waals surface area contributed by atoms with E-state index in [2.05, 4.69) is 47.2 Å². The third-order valence-corrected chi connectivity index (χ3v) is 5.26. The minimum absolute atomic E-state index is 0.246. The van der Waals surface area contributed by atoms with Crippen molar-refractivity contribution in [3.05, 3.63) is 102 Å². The smallest absolute Gasteiger partial charge is 0.330 e. The number of carbonyl (C=O) groups is 1. The molecule has 0 unspecified atom stereocenters. The van der Waals surface area contributed by atoms with E-state index in [1.54, 1.807) is 25.1 Å². The number of hydrogen-bond donors (Lipinski definition) is 1. The summed E-state index contributed by atoms with van der Waals surface area (Å²) in [5.41, 5.74) is 5.56. The molecule has 156 valence electrons. The number of aryl methyl sites for hydroxylation is 2. The molecule has 4 nitrogen and oxygen atoms in total. The second-order valence-corrected chi connectivity index (χ2v) is 7.39. The van der Waals surface area contributed by atoms with Gasteiger partial charge in [-0.15, -0.1) is 0 Å². The number of rotatable bonds is 7. The van der Waals surface area contributed by atoms with Crippen LogP contribution in [0.1, 0.15) is 23.6 Å². The van der Waals surface area contributed by atoms with Crippen LogP contribution in [0.15, 0.2) is 85.1 Å². The van der Waals surface area contributed by atoms with E-state index in [1.807, 2.05) is 24.3 Å². The zero-order valence-corrected chi connectivity index (χ0v) is 17.5. The fraction of sp³-hybridized carbons (Fsp3) is 0.148. The molecule has 1 aromatic heterocycles. The number of benzene rings is 3. The Morgan fingerprint density at radius 1 is 1.00 bits per heavy atom. The van der Waals surface area contributed by atoms with Gasteiger partial charge in [0.2, 0.25) is 0 Å². The van der Waals surface area contributed by atoms with Gasteiger partial charge >= 0.3 is 5.97 Å². The van der Waals surface area contributed by atoms with Crippen molar-refractivity contribution < 1.29 is 14.6 Å². The summed E-state index contributed by atoms with van der Waals surface area (Å²) in [5.74, 6) is -0.0931. The van der Waals surface area contributed by atoms with Crippen LogP contribution in [0.3, 0.4) is 0 Å². The molecule has 1 heterocycles. The monoisotopic (exact) mass is 411 g/mol. The third kappa shape index (κ3) is 4.86. The lowest BCUT2D eigenvalue weighted by atomic mass is 10.0. The van der Waals surface area contributed by atoms with Crippen molar-refractivity contribution in [3.8, 4) is 11.4 Å². The average Bonchev–Trinajstić information content (AvgIpc) is 3.15. The highest BCUT2D eigenvalue weighted by atomic mass is 16.5. The van der Waals surface area contributed by atoms with Crippen LogP contribution < -0.4 is 0 Å². The number of phenolic OH excluding ortho intramolecular Hbond substituents is 1.